The van der Waals surface area contributed by atoms with Crippen molar-refractivity contribution in [3.8, 4) is 0 Å². The molecule has 1 atom stereocenters. The van der Waals surface area contributed by atoms with E-state index in [1.54, 1.807) is 0 Å². The van der Waals surface area contributed by atoms with Gasteiger partial charge in [0.25, 0.3) is 0 Å². The molecule has 0 aromatic rings. The van der Waals surface area contributed by atoms with Crippen molar-refractivity contribution in [2.45, 2.75) is 38.9 Å². The molecule has 1 aliphatic rings. The normalized spacial score (nSPS) is 21.0. The molecule has 0 amide bonds. The molecule has 4 heteroatoms. The second-order valence-electron chi connectivity index (χ2n) is 4.99. The minimum atomic E-state index is -0.399. The van der Waals surface area contributed by atoms with E-state index in [0.29, 0.717) is 13.2 Å². The number of hydrogen-bond donors (Lipinski definition) is 1. The van der Waals surface area contributed by atoms with Crippen molar-refractivity contribution in [2.24, 2.45) is 0 Å². The van der Waals surface area contributed by atoms with Crippen LogP contribution in [0.25, 0.3) is 0 Å². The first-order chi connectivity index (χ1) is 7.53. The van der Waals surface area contributed by atoms with E-state index in [9.17, 15) is 5.11 Å². The van der Waals surface area contributed by atoms with Crippen LogP contribution in [0.1, 0.15) is 27.2 Å². The summed E-state index contributed by atoms with van der Waals surface area (Å²) in [6.07, 6.45) is 0.556. The zero-order valence-corrected chi connectivity index (χ0v) is 10.7. The minimum Gasteiger partial charge on any atom is -0.389 e. The van der Waals surface area contributed by atoms with Gasteiger partial charge in [-0.05, 0) is 20.3 Å². The monoisotopic (exact) mass is 231 g/mol. The van der Waals surface area contributed by atoms with Gasteiger partial charge in [0.1, 0.15) is 0 Å². The van der Waals surface area contributed by atoms with E-state index in [1.165, 1.54) is 0 Å². The summed E-state index contributed by atoms with van der Waals surface area (Å²) in [5, 5.41) is 9.85. The first-order valence-electron chi connectivity index (χ1n) is 6.15. The van der Waals surface area contributed by atoms with Gasteiger partial charge < -0.3 is 14.6 Å². The van der Waals surface area contributed by atoms with Crippen LogP contribution in [0.5, 0.6) is 0 Å². The van der Waals surface area contributed by atoms with Crippen LogP contribution < -0.4 is 0 Å². The van der Waals surface area contributed by atoms with Gasteiger partial charge in [-0.1, -0.05) is 6.92 Å². The summed E-state index contributed by atoms with van der Waals surface area (Å²) < 4.78 is 10.9. The van der Waals surface area contributed by atoms with Crippen molar-refractivity contribution < 1.29 is 14.6 Å². The molecular weight excluding hydrogens is 206 g/mol. The van der Waals surface area contributed by atoms with E-state index in [4.69, 9.17) is 9.47 Å². The molecule has 0 spiro atoms. The number of morpholine rings is 1. The number of hydrogen-bond acceptors (Lipinski definition) is 4. The molecule has 0 saturated carbocycles. The lowest BCUT2D eigenvalue weighted by Crippen LogP contribution is -2.43. The summed E-state index contributed by atoms with van der Waals surface area (Å²) in [4.78, 5) is 2.22. The predicted octanol–water partition coefficient (Wildman–Crippen LogP) is 0.885. The average Bonchev–Trinajstić information content (AvgIpc) is 2.28. The molecule has 0 aromatic heterocycles. The molecule has 1 rings (SSSR count). The Bertz CT molecular complexity index is 191. The number of ether oxygens (including phenoxy) is 2. The second kappa shape index (κ2) is 6.55. The van der Waals surface area contributed by atoms with Gasteiger partial charge in [0.05, 0.1) is 31.5 Å². The molecule has 0 aromatic carbocycles. The van der Waals surface area contributed by atoms with Crippen LogP contribution in [0, 0.1) is 0 Å². The summed E-state index contributed by atoms with van der Waals surface area (Å²) in [5.41, 5.74) is -0.133. The van der Waals surface area contributed by atoms with E-state index in [-0.39, 0.29) is 5.60 Å². The van der Waals surface area contributed by atoms with Gasteiger partial charge in [0.15, 0.2) is 0 Å². The topological polar surface area (TPSA) is 41.9 Å². The number of aliphatic hydroxyl groups is 1. The summed E-state index contributed by atoms with van der Waals surface area (Å²) >= 11 is 0. The zero-order chi connectivity index (χ0) is 12.0. The van der Waals surface area contributed by atoms with Crippen molar-refractivity contribution in [1.82, 2.24) is 4.90 Å². The fourth-order valence-electron chi connectivity index (χ4n) is 1.56. The molecule has 0 aliphatic carbocycles. The van der Waals surface area contributed by atoms with Gasteiger partial charge in [-0.25, -0.2) is 0 Å². The number of rotatable bonds is 6. The third-order valence-corrected chi connectivity index (χ3v) is 3.09. The van der Waals surface area contributed by atoms with E-state index in [0.717, 1.165) is 32.7 Å². The Kier molecular flexibility index (Phi) is 5.69. The lowest BCUT2D eigenvalue weighted by atomic mass is 10.1. The summed E-state index contributed by atoms with van der Waals surface area (Å²) in [5.74, 6) is 0. The first kappa shape index (κ1) is 13.9. The highest BCUT2D eigenvalue weighted by Gasteiger charge is 2.19. The minimum absolute atomic E-state index is 0.133. The summed E-state index contributed by atoms with van der Waals surface area (Å²) in [6, 6.07) is 0. The molecule has 1 aliphatic heterocycles. The van der Waals surface area contributed by atoms with Gasteiger partial charge in [0.2, 0.25) is 0 Å². The maximum Gasteiger partial charge on any atom is 0.0900 e. The third kappa shape index (κ3) is 5.25. The molecule has 0 radical (unpaired) electrons. The fraction of sp³-hybridized carbons (Fsp3) is 1.00. The van der Waals surface area contributed by atoms with Gasteiger partial charge in [-0.2, -0.15) is 0 Å². The number of aliphatic hydroxyl groups excluding tert-OH is 1. The van der Waals surface area contributed by atoms with Gasteiger partial charge in [-0.15, -0.1) is 0 Å². The Morgan fingerprint density at radius 3 is 2.56 bits per heavy atom. The third-order valence-electron chi connectivity index (χ3n) is 3.09. The highest BCUT2D eigenvalue weighted by Crippen LogP contribution is 2.13. The molecule has 96 valence electrons. The summed E-state index contributed by atoms with van der Waals surface area (Å²) in [6.45, 7) is 10.7. The SMILES string of the molecule is CCC(C)(C)OC[C@@H](O)CN1CCOCC1. The fourth-order valence-corrected chi connectivity index (χ4v) is 1.56. The zero-order valence-electron chi connectivity index (χ0n) is 10.7. The number of nitrogens with zero attached hydrogens (tertiary/aromatic N) is 1. The van der Waals surface area contributed by atoms with Crippen LogP contribution in [0.3, 0.4) is 0 Å². The van der Waals surface area contributed by atoms with Crippen LogP contribution in [0.15, 0.2) is 0 Å². The maximum atomic E-state index is 9.85. The molecular formula is C12H25NO3. The Balaban J connectivity index is 2.17. The van der Waals surface area contributed by atoms with Gasteiger partial charge >= 0.3 is 0 Å². The highest BCUT2D eigenvalue weighted by atomic mass is 16.5. The van der Waals surface area contributed by atoms with Crippen LogP contribution in [-0.4, -0.2) is 61.2 Å². The van der Waals surface area contributed by atoms with Crippen molar-refractivity contribution >= 4 is 0 Å². The Morgan fingerprint density at radius 1 is 1.38 bits per heavy atom. The molecule has 1 N–H and O–H groups in total. The van der Waals surface area contributed by atoms with Crippen LogP contribution in [0.4, 0.5) is 0 Å². The first-order valence-corrected chi connectivity index (χ1v) is 6.15. The van der Waals surface area contributed by atoms with E-state index in [1.807, 2.05) is 0 Å². The molecule has 1 saturated heterocycles. The largest absolute Gasteiger partial charge is 0.389 e. The van der Waals surface area contributed by atoms with Crippen molar-refractivity contribution in [1.29, 1.82) is 0 Å². The quantitative estimate of drug-likeness (QED) is 0.737. The molecule has 16 heavy (non-hydrogen) atoms. The van der Waals surface area contributed by atoms with Crippen LogP contribution in [-0.2, 0) is 9.47 Å². The number of β-amino-alcohol motifs (C(OH)–C–C–N with tert-alkyl or cyclic N) is 1. The molecule has 1 fully saturated rings. The Hall–Kier alpha value is -0.160. The van der Waals surface area contributed by atoms with Crippen molar-refractivity contribution in [2.75, 3.05) is 39.5 Å². The lowest BCUT2D eigenvalue weighted by Gasteiger charge is -2.30. The van der Waals surface area contributed by atoms with Gasteiger partial charge in [-0.3, -0.25) is 4.90 Å². The lowest BCUT2D eigenvalue weighted by molar-refractivity contribution is -0.0729. The van der Waals surface area contributed by atoms with Gasteiger partial charge in [0, 0.05) is 19.6 Å². The van der Waals surface area contributed by atoms with Crippen molar-refractivity contribution in [3.63, 3.8) is 0 Å². The Morgan fingerprint density at radius 2 is 2.00 bits per heavy atom. The van der Waals surface area contributed by atoms with Crippen LogP contribution in [0.2, 0.25) is 0 Å². The standard InChI is InChI=1S/C12H25NO3/c1-4-12(2,3)16-10-11(14)9-13-5-7-15-8-6-13/h11,14H,4-10H2,1-3H3/t11-/m0/s1. The molecule has 1 heterocycles. The molecule has 0 unspecified atom stereocenters. The van der Waals surface area contributed by atoms with E-state index in [2.05, 4.69) is 25.7 Å². The smallest absolute Gasteiger partial charge is 0.0900 e. The Labute approximate surface area is 98.5 Å². The predicted molar refractivity (Wildman–Crippen MR) is 63.6 cm³/mol. The van der Waals surface area contributed by atoms with E-state index < -0.39 is 6.10 Å². The van der Waals surface area contributed by atoms with Crippen LogP contribution >= 0.6 is 0 Å². The summed E-state index contributed by atoms with van der Waals surface area (Å²) in [7, 11) is 0. The van der Waals surface area contributed by atoms with E-state index >= 15 is 0 Å². The van der Waals surface area contributed by atoms with Crippen molar-refractivity contribution in [3.05, 3.63) is 0 Å². The maximum absolute atomic E-state index is 9.85. The highest BCUT2D eigenvalue weighted by molar-refractivity contribution is 4.70. The molecule has 0 bridgehead atoms. The molecule has 4 nitrogen and oxygen atoms in total. The average molecular weight is 231 g/mol. The second-order valence-corrected chi connectivity index (χ2v) is 4.99.